The van der Waals surface area contributed by atoms with Gasteiger partial charge in [-0.3, -0.25) is 4.79 Å². The summed E-state index contributed by atoms with van der Waals surface area (Å²) in [6, 6.07) is 22.3. The van der Waals surface area contributed by atoms with Crippen LogP contribution in [0.1, 0.15) is 33.6 Å². The zero-order chi connectivity index (χ0) is 22.8. The van der Waals surface area contributed by atoms with Crippen molar-refractivity contribution in [2.24, 2.45) is 0 Å². The summed E-state index contributed by atoms with van der Waals surface area (Å²) in [7, 11) is 0. The molecule has 0 bridgehead atoms. The summed E-state index contributed by atoms with van der Waals surface area (Å²) in [5.41, 5.74) is 4.71. The lowest BCUT2D eigenvalue weighted by Crippen LogP contribution is -2.21. The van der Waals surface area contributed by atoms with Crippen LogP contribution in [0.4, 0.5) is 5.69 Å². The molecule has 6 nitrogen and oxygen atoms in total. The minimum atomic E-state index is -0.458. The predicted octanol–water partition coefficient (Wildman–Crippen LogP) is 5.23. The van der Waals surface area contributed by atoms with E-state index in [-0.39, 0.29) is 5.91 Å². The molecular formula is C27H22N2O4. The third-order valence-electron chi connectivity index (χ3n) is 5.68. The van der Waals surface area contributed by atoms with Gasteiger partial charge in [0.05, 0.1) is 22.5 Å². The van der Waals surface area contributed by atoms with Gasteiger partial charge >= 0.3 is 5.97 Å². The van der Waals surface area contributed by atoms with Crippen molar-refractivity contribution in [3.05, 3.63) is 95.2 Å². The second kappa shape index (κ2) is 8.74. The van der Waals surface area contributed by atoms with Crippen LogP contribution in [0.3, 0.4) is 0 Å². The van der Waals surface area contributed by atoms with E-state index in [4.69, 9.17) is 9.47 Å². The molecule has 0 radical (unpaired) electrons. The van der Waals surface area contributed by atoms with Gasteiger partial charge in [-0.05, 0) is 61.4 Å². The standard InChI is InChI=1S/C27H22N2O4/c1-17-6-14-24(22-13-15-25(30)29-26(17)22)33-27(31)19-8-11-21(12-9-19)32-16-20-10-7-18-4-2-3-5-23(18)28-20/h2-12,14H,13,15-16H2,1H3,(H,29,30). The van der Waals surface area contributed by atoms with E-state index in [1.54, 1.807) is 30.3 Å². The number of carbonyl (C=O) groups excluding carboxylic acids is 2. The first-order valence-electron chi connectivity index (χ1n) is 10.8. The summed E-state index contributed by atoms with van der Waals surface area (Å²) in [6.45, 7) is 2.25. The molecule has 1 aliphatic rings. The van der Waals surface area contributed by atoms with E-state index < -0.39 is 5.97 Å². The van der Waals surface area contributed by atoms with Crippen LogP contribution >= 0.6 is 0 Å². The molecule has 1 aliphatic heterocycles. The fourth-order valence-corrected chi connectivity index (χ4v) is 3.90. The number of carbonyl (C=O) groups is 2. The number of benzene rings is 3. The molecule has 6 heteroatoms. The largest absolute Gasteiger partial charge is 0.487 e. The number of rotatable bonds is 5. The van der Waals surface area contributed by atoms with Gasteiger partial charge in [0, 0.05) is 17.4 Å². The van der Waals surface area contributed by atoms with Crippen molar-refractivity contribution in [2.75, 3.05) is 5.32 Å². The van der Waals surface area contributed by atoms with E-state index in [0.717, 1.165) is 33.4 Å². The molecule has 164 valence electrons. The molecule has 0 saturated heterocycles. The third kappa shape index (κ3) is 4.41. The van der Waals surface area contributed by atoms with Gasteiger partial charge in [-0.25, -0.2) is 9.78 Å². The number of ether oxygens (including phenoxy) is 2. The lowest BCUT2D eigenvalue weighted by Gasteiger charge is -2.21. The summed E-state index contributed by atoms with van der Waals surface area (Å²) in [4.78, 5) is 29.0. The number of aromatic nitrogens is 1. The molecule has 0 saturated carbocycles. The van der Waals surface area contributed by atoms with Crippen LogP contribution in [0.25, 0.3) is 10.9 Å². The Hall–Kier alpha value is -4.19. The molecule has 0 spiro atoms. The SMILES string of the molecule is Cc1ccc(OC(=O)c2ccc(OCc3ccc4ccccc4n3)cc2)c2c1NC(=O)CC2. The highest BCUT2D eigenvalue weighted by Gasteiger charge is 2.22. The van der Waals surface area contributed by atoms with Crippen molar-refractivity contribution < 1.29 is 19.1 Å². The fraction of sp³-hybridized carbons (Fsp3) is 0.148. The van der Waals surface area contributed by atoms with Crippen LogP contribution in [0, 0.1) is 6.92 Å². The van der Waals surface area contributed by atoms with E-state index in [9.17, 15) is 9.59 Å². The Kier molecular flexibility index (Phi) is 5.48. The molecule has 33 heavy (non-hydrogen) atoms. The summed E-state index contributed by atoms with van der Waals surface area (Å²) < 4.78 is 11.5. The normalized spacial score (nSPS) is 12.7. The molecule has 4 aromatic rings. The molecule has 0 aliphatic carbocycles. The average molecular weight is 438 g/mol. The molecule has 5 rings (SSSR count). The van der Waals surface area contributed by atoms with Crippen molar-refractivity contribution in [3.8, 4) is 11.5 Å². The van der Waals surface area contributed by atoms with Crippen LogP contribution in [0.2, 0.25) is 0 Å². The summed E-state index contributed by atoms with van der Waals surface area (Å²) in [5.74, 6) is 0.629. The number of hydrogen-bond donors (Lipinski definition) is 1. The highest BCUT2D eigenvalue weighted by atomic mass is 16.5. The number of nitrogens with zero attached hydrogens (tertiary/aromatic N) is 1. The molecule has 0 atom stereocenters. The van der Waals surface area contributed by atoms with E-state index in [0.29, 0.717) is 36.5 Å². The molecule has 0 fully saturated rings. The van der Waals surface area contributed by atoms with Gasteiger partial charge in [-0.1, -0.05) is 30.3 Å². The Morgan fingerprint density at radius 3 is 2.64 bits per heavy atom. The summed E-state index contributed by atoms with van der Waals surface area (Å²) >= 11 is 0. The number of aryl methyl sites for hydroxylation is 1. The van der Waals surface area contributed by atoms with Gasteiger partial charge in [0.1, 0.15) is 18.1 Å². The molecule has 0 unspecified atom stereocenters. The number of esters is 1. The Morgan fingerprint density at radius 1 is 0.970 bits per heavy atom. The second-order valence-electron chi connectivity index (χ2n) is 7.98. The van der Waals surface area contributed by atoms with Gasteiger partial charge in [-0.15, -0.1) is 0 Å². The topological polar surface area (TPSA) is 77.5 Å². The maximum atomic E-state index is 12.7. The first kappa shape index (κ1) is 20.7. The van der Waals surface area contributed by atoms with Crippen LogP contribution < -0.4 is 14.8 Å². The van der Waals surface area contributed by atoms with Crippen molar-refractivity contribution in [1.82, 2.24) is 4.98 Å². The van der Waals surface area contributed by atoms with Gasteiger partial charge in [-0.2, -0.15) is 0 Å². The monoisotopic (exact) mass is 438 g/mol. The Bertz CT molecular complexity index is 1360. The second-order valence-corrected chi connectivity index (χ2v) is 7.98. The smallest absolute Gasteiger partial charge is 0.343 e. The molecule has 1 N–H and O–H groups in total. The molecule has 3 aromatic carbocycles. The Morgan fingerprint density at radius 2 is 1.79 bits per heavy atom. The number of hydrogen-bond acceptors (Lipinski definition) is 5. The zero-order valence-electron chi connectivity index (χ0n) is 18.1. The average Bonchev–Trinajstić information content (AvgIpc) is 2.84. The minimum Gasteiger partial charge on any atom is -0.487 e. The van der Waals surface area contributed by atoms with E-state index in [1.165, 1.54) is 0 Å². The van der Waals surface area contributed by atoms with Gasteiger partial charge in [0.2, 0.25) is 5.91 Å². The molecular weight excluding hydrogens is 416 g/mol. The zero-order valence-corrected chi connectivity index (χ0v) is 18.1. The summed E-state index contributed by atoms with van der Waals surface area (Å²) in [5, 5.41) is 3.96. The van der Waals surface area contributed by atoms with Crippen LogP contribution in [0.5, 0.6) is 11.5 Å². The number of nitrogens with one attached hydrogen (secondary N) is 1. The number of anilines is 1. The lowest BCUT2D eigenvalue weighted by atomic mass is 9.98. The molecule has 1 aromatic heterocycles. The predicted molar refractivity (Wildman–Crippen MR) is 126 cm³/mol. The Balaban J connectivity index is 1.25. The number of amides is 1. The van der Waals surface area contributed by atoms with Gasteiger partial charge in [0.25, 0.3) is 0 Å². The minimum absolute atomic E-state index is 0.0245. The van der Waals surface area contributed by atoms with Gasteiger partial charge < -0.3 is 14.8 Å². The van der Waals surface area contributed by atoms with Crippen molar-refractivity contribution in [1.29, 1.82) is 0 Å². The molecule has 2 heterocycles. The van der Waals surface area contributed by atoms with Crippen LogP contribution in [-0.2, 0) is 17.8 Å². The van der Waals surface area contributed by atoms with Crippen LogP contribution in [0.15, 0.2) is 72.8 Å². The summed E-state index contributed by atoms with van der Waals surface area (Å²) in [6.07, 6.45) is 0.917. The molecule has 1 amide bonds. The van der Waals surface area contributed by atoms with Crippen molar-refractivity contribution >= 4 is 28.5 Å². The number of para-hydroxylation sites is 1. The van der Waals surface area contributed by atoms with Crippen molar-refractivity contribution in [2.45, 2.75) is 26.4 Å². The highest BCUT2D eigenvalue weighted by molar-refractivity contribution is 5.96. The lowest BCUT2D eigenvalue weighted by molar-refractivity contribution is -0.116. The number of fused-ring (bicyclic) bond motifs is 2. The third-order valence-corrected chi connectivity index (χ3v) is 5.68. The van der Waals surface area contributed by atoms with E-state index in [1.807, 2.05) is 49.4 Å². The Labute approximate surface area is 191 Å². The first-order valence-corrected chi connectivity index (χ1v) is 10.8. The van der Waals surface area contributed by atoms with Gasteiger partial charge in [0.15, 0.2) is 0 Å². The fourth-order valence-electron chi connectivity index (χ4n) is 3.90. The van der Waals surface area contributed by atoms with Crippen molar-refractivity contribution in [3.63, 3.8) is 0 Å². The first-order chi connectivity index (χ1) is 16.1. The number of pyridine rings is 1. The van der Waals surface area contributed by atoms with E-state index in [2.05, 4.69) is 10.3 Å². The maximum Gasteiger partial charge on any atom is 0.343 e. The highest BCUT2D eigenvalue weighted by Crippen LogP contribution is 2.34. The van der Waals surface area contributed by atoms with Crippen LogP contribution in [-0.4, -0.2) is 16.9 Å². The quantitative estimate of drug-likeness (QED) is 0.341. The maximum absolute atomic E-state index is 12.7. The van der Waals surface area contributed by atoms with E-state index >= 15 is 0 Å².